The number of aliphatic hydroxyl groups excluding tert-OH is 2. The van der Waals surface area contributed by atoms with Gasteiger partial charge in [-0.15, -0.1) is 0 Å². The molecule has 1 saturated heterocycles. The van der Waals surface area contributed by atoms with Gasteiger partial charge in [0.1, 0.15) is 12.9 Å². The predicted octanol–water partition coefficient (Wildman–Crippen LogP) is 21.7. The zero-order chi connectivity index (χ0) is 82.0. The van der Waals surface area contributed by atoms with E-state index in [0.29, 0.717) is 68.2 Å². The zero-order valence-electron chi connectivity index (χ0n) is 75.8. The Morgan fingerprint density at radius 1 is 0.602 bits per heavy atom. The summed E-state index contributed by atoms with van der Waals surface area (Å²) in [6, 6.07) is 20.0. The highest BCUT2D eigenvalue weighted by atomic mass is 31.2. The van der Waals surface area contributed by atoms with Gasteiger partial charge in [-0.2, -0.15) is 0 Å². The molecule has 0 aromatic heterocycles. The maximum atomic E-state index is 14.6. The van der Waals surface area contributed by atoms with Crippen molar-refractivity contribution in [2.45, 2.75) is 354 Å². The van der Waals surface area contributed by atoms with Crippen LogP contribution in [-0.4, -0.2) is 101 Å². The Labute approximate surface area is 619 Å². The van der Waals surface area contributed by atoms with Crippen molar-refractivity contribution in [3.8, 4) is 0 Å². The molecular formula is C85H143O9PSi3. The average molecular weight is 1440 g/mol. The lowest BCUT2D eigenvalue weighted by atomic mass is 9.59. The molecule has 1 aliphatic heterocycles. The van der Waals surface area contributed by atoms with E-state index in [4.69, 9.17) is 34.5 Å². The average Bonchev–Trinajstić information content (AvgIpc) is 1.54. The highest BCUT2D eigenvalue weighted by molar-refractivity contribution is 7.78. The fourth-order valence-electron chi connectivity index (χ4n) is 18.7. The largest absolute Gasteiger partial charge is 0.414 e. The van der Waals surface area contributed by atoms with Crippen LogP contribution in [0.25, 0.3) is 0 Å². The summed E-state index contributed by atoms with van der Waals surface area (Å²) in [7, 11) is -9.10. The molecule has 10 atom stereocenters. The second-order valence-corrected chi connectivity index (χ2v) is 53.6. The Kier molecular flexibility index (Phi) is 21.9. The van der Waals surface area contributed by atoms with E-state index in [1.165, 1.54) is 30.4 Å². The molecule has 2 aromatic carbocycles. The topological polar surface area (TPSA) is 132 Å². The number of carbonyl (C=O) groups is 1. The number of aliphatic hydroxyl groups is 3. The normalized spacial score (nSPS) is 33.2. The van der Waals surface area contributed by atoms with E-state index in [9.17, 15) is 24.7 Å². The molecular weight excluding hydrogens is 1280 g/mol. The number of benzene rings is 2. The molecule has 9 aliphatic rings. The van der Waals surface area contributed by atoms with Crippen molar-refractivity contribution in [1.29, 1.82) is 0 Å². The van der Waals surface area contributed by atoms with Crippen molar-refractivity contribution in [2.24, 2.45) is 45.3 Å². The van der Waals surface area contributed by atoms with Crippen LogP contribution in [0.4, 0.5) is 0 Å². The van der Waals surface area contributed by atoms with Gasteiger partial charge in [0.2, 0.25) is 0 Å². The van der Waals surface area contributed by atoms with Gasteiger partial charge in [0, 0.05) is 58.8 Å². The number of allylic oxidation sites excluding steroid dienone is 4. The summed E-state index contributed by atoms with van der Waals surface area (Å²) in [5.41, 5.74) is -0.330. The van der Waals surface area contributed by atoms with Gasteiger partial charge in [0.25, 0.3) is 0 Å². The molecule has 11 rings (SSSR count). The molecule has 9 fully saturated rings. The van der Waals surface area contributed by atoms with Crippen molar-refractivity contribution in [3.63, 3.8) is 0 Å². The lowest BCUT2D eigenvalue weighted by Crippen LogP contribution is -2.48. The monoisotopic (exact) mass is 1440 g/mol. The second-order valence-electron chi connectivity index (χ2n) is 36.8. The standard InChI is InChI=1S/C32H51O3PSi2.C27H44O3.C22H40O2Si.C4H8O/c1-31(2,3)37(7,8)34-27-23-26(24-28(25-27)35-38(9,10)32(4,5)6)21-22-36(33,29-17-13-11-14-18-29)30-19-15-12-16-20-30;1-25(2,30)11-5-13-27(14-15-27)24-10-9-23-20(6-4-12-26(23,24)3)8-7-19-16-21(28)18-22(29)17-19;1-20(2,24-25(4,5)6)12-8-14-22(15-16-22)19-11-10-17-18(23)9-7-13-21(17,19)3;1-2-4-5-3-1/h11-21,27-28H,22-25H2,1-10H3;7-8,21-24,28-30H,4-6,9-18H2,1-3H3;17,19H,7-16H2,1-6H3;1-4H2/b;19-7?,20-8+;;/t27-,28?;21-,22?,23?,24?,26+;17?,19?,21-;/m110./s1/i;2*1D3,2D3;. The minimum atomic E-state index is -2.94. The maximum absolute atomic E-state index is 14.6. The van der Waals surface area contributed by atoms with Crippen LogP contribution in [-0.2, 0) is 27.4 Å². The van der Waals surface area contributed by atoms with Crippen LogP contribution in [0.1, 0.15) is 279 Å². The van der Waals surface area contributed by atoms with Crippen molar-refractivity contribution >= 4 is 48.5 Å². The van der Waals surface area contributed by atoms with E-state index in [-0.39, 0.29) is 62.7 Å². The molecule has 0 spiro atoms. The number of hydrogen-bond acceptors (Lipinski definition) is 9. The summed E-state index contributed by atoms with van der Waals surface area (Å²) in [5.74, 6) is 2.13. The minimum absolute atomic E-state index is 0.0256. The van der Waals surface area contributed by atoms with Crippen LogP contribution in [0.15, 0.2) is 95.6 Å². The molecule has 8 saturated carbocycles. The lowest BCUT2D eigenvalue weighted by Gasteiger charge is -2.45. The molecule has 9 nitrogen and oxygen atoms in total. The number of Topliss-reactive ketones (excluding diaryl/α,β-unsaturated/α-hetero) is 1. The number of fused-ring (bicyclic) bond motifs is 2. The molecule has 2 aromatic rings. The number of hydrogen-bond donors (Lipinski definition) is 3. The highest BCUT2D eigenvalue weighted by Crippen LogP contribution is 2.71. The first kappa shape index (κ1) is 65.4. The molecule has 6 unspecified atom stereocenters. The van der Waals surface area contributed by atoms with Gasteiger partial charge in [-0.25, -0.2) is 0 Å². The molecule has 554 valence electrons. The van der Waals surface area contributed by atoms with E-state index in [2.05, 4.69) is 99.8 Å². The Balaban J connectivity index is 0.000000201. The number of ketones is 1. The van der Waals surface area contributed by atoms with Crippen molar-refractivity contribution < 1.29 is 59.1 Å². The van der Waals surface area contributed by atoms with Crippen LogP contribution >= 0.6 is 7.14 Å². The first-order valence-electron chi connectivity index (χ1n) is 44.5. The third-order valence-corrected chi connectivity index (χ3v) is 38.9. The van der Waals surface area contributed by atoms with Crippen LogP contribution in [0, 0.1) is 45.3 Å². The first-order chi connectivity index (χ1) is 50.5. The Hall–Kier alpha value is -2.07. The summed E-state index contributed by atoms with van der Waals surface area (Å²) in [6.07, 6.45) is 30.8. The molecule has 0 bridgehead atoms. The van der Waals surface area contributed by atoms with Crippen molar-refractivity contribution in [2.75, 3.05) is 19.4 Å². The van der Waals surface area contributed by atoms with Crippen molar-refractivity contribution in [3.05, 3.63) is 95.6 Å². The Morgan fingerprint density at radius 3 is 1.53 bits per heavy atom. The summed E-state index contributed by atoms with van der Waals surface area (Å²) < 4.78 is 134. The van der Waals surface area contributed by atoms with Gasteiger partial charge in [-0.3, -0.25) is 4.79 Å². The maximum Gasteiger partial charge on any atom is 0.192 e. The Morgan fingerprint density at radius 2 is 1.08 bits per heavy atom. The summed E-state index contributed by atoms with van der Waals surface area (Å²) in [4.78, 5) is 12.5. The third-order valence-electron chi connectivity index (χ3n) is 25.9. The smallest absolute Gasteiger partial charge is 0.192 e. The third kappa shape index (κ3) is 21.6. The molecule has 0 radical (unpaired) electrons. The quantitative estimate of drug-likeness (QED) is 0.0635. The van der Waals surface area contributed by atoms with E-state index in [1.807, 2.05) is 80.3 Å². The minimum Gasteiger partial charge on any atom is -0.414 e. The van der Waals surface area contributed by atoms with Gasteiger partial charge < -0.3 is 37.9 Å². The van der Waals surface area contributed by atoms with Gasteiger partial charge >= 0.3 is 0 Å². The highest BCUT2D eigenvalue weighted by Gasteiger charge is 2.63. The fourth-order valence-corrected chi connectivity index (χ4v) is 25.1. The van der Waals surface area contributed by atoms with Crippen LogP contribution < -0.4 is 10.6 Å². The lowest BCUT2D eigenvalue weighted by molar-refractivity contribution is -0.130. The molecule has 8 aliphatic carbocycles. The van der Waals surface area contributed by atoms with Crippen molar-refractivity contribution in [1.82, 2.24) is 0 Å². The zero-order valence-corrected chi connectivity index (χ0v) is 67.7. The number of ether oxygens (including phenoxy) is 1. The van der Waals surface area contributed by atoms with E-state index in [0.717, 1.165) is 139 Å². The van der Waals surface area contributed by atoms with E-state index >= 15 is 0 Å². The molecule has 0 amide bonds. The van der Waals surface area contributed by atoms with Gasteiger partial charge in [-0.05, 0) is 283 Å². The molecule has 98 heavy (non-hydrogen) atoms. The molecule has 3 N–H and O–H groups in total. The second kappa shape index (κ2) is 32.7. The number of rotatable bonds is 21. The summed E-state index contributed by atoms with van der Waals surface area (Å²) in [6.45, 7) is 24.1. The number of carbonyl (C=O) groups excluding carboxylic acids is 1. The van der Waals surface area contributed by atoms with Crippen LogP contribution in [0.2, 0.25) is 55.9 Å². The predicted molar refractivity (Wildman–Crippen MR) is 420 cm³/mol. The van der Waals surface area contributed by atoms with E-state index < -0.39 is 82.9 Å². The summed E-state index contributed by atoms with van der Waals surface area (Å²) >= 11 is 0. The Bertz CT molecular complexity index is 3360. The van der Waals surface area contributed by atoms with Gasteiger partial charge in [0.15, 0.2) is 25.0 Å². The molecule has 13 heteroatoms. The van der Waals surface area contributed by atoms with Gasteiger partial charge in [0.05, 0.1) is 35.6 Å². The fraction of sp³-hybridized carbons (Fsp3) is 0.776. The summed E-state index contributed by atoms with van der Waals surface area (Å²) in [5, 5.41) is 32.9. The van der Waals surface area contributed by atoms with E-state index in [1.54, 1.807) is 0 Å². The van der Waals surface area contributed by atoms with Gasteiger partial charge in [-0.1, -0.05) is 164 Å². The first-order valence-corrected chi connectivity index (χ1v) is 49.7. The van der Waals surface area contributed by atoms with Crippen LogP contribution in [0.5, 0.6) is 0 Å². The molecule has 1 heterocycles. The van der Waals surface area contributed by atoms with Crippen LogP contribution in [0.3, 0.4) is 0 Å². The SMILES string of the molecule is C1CCOC1.CC(C)(C)[Si](C)(C)OC1CC(=CCP(=O)(c2ccccc2)c2ccccc2)C[C@@H](O[Si](C)(C)C(C)(C)C)C1.[2H]C([2H])([2H])C(CCCC1(C2CCC3C(=O)CCC[C@@]32C)CC1)(O[Si](C)(C)C)C([2H])([2H])[2H].[2H]C([2H])([2H])C(O)(CCCC1(C2CCC3/C(=C/C=C4CC(O)C[C@H](O)C4)CCC[C@@]32C)CC1)C([2H])([2H])[2H].